The molecule has 120 valence electrons. The minimum Gasteiger partial charge on any atom is -0.491 e. The van der Waals surface area contributed by atoms with Gasteiger partial charge in [0.15, 0.2) is 0 Å². The SMILES string of the molecule is CCN(CC)CC(C)NCC(O)COc1cccc(Cl)c1. The van der Waals surface area contributed by atoms with Crippen molar-refractivity contribution in [3.05, 3.63) is 29.3 Å². The van der Waals surface area contributed by atoms with Crippen molar-refractivity contribution in [1.82, 2.24) is 10.2 Å². The normalized spacial score (nSPS) is 14.2. The van der Waals surface area contributed by atoms with Crippen LogP contribution < -0.4 is 10.1 Å². The van der Waals surface area contributed by atoms with Crippen LogP contribution in [-0.2, 0) is 0 Å². The first kappa shape index (κ1) is 18.2. The lowest BCUT2D eigenvalue weighted by atomic mass is 10.2. The van der Waals surface area contributed by atoms with E-state index < -0.39 is 6.10 Å². The van der Waals surface area contributed by atoms with Crippen LogP contribution in [0, 0.1) is 0 Å². The molecule has 4 nitrogen and oxygen atoms in total. The van der Waals surface area contributed by atoms with Crippen LogP contribution in [0.5, 0.6) is 5.75 Å². The van der Waals surface area contributed by atoms with E-state index in [9.17, 15) is 5.11 Å². The van der Waals surface area contributed by atoms with Crippen LogP contribution in [0.15, 0.2) is 24.3 Å². The van der Waals surface area contributed by atoms with E-state index in [1.54, 1.807) is 12.1 Å². The van der Waals surface area contributed by atoms with E-state index in [2.05, 4.69) is 31.0 Å². The van der Waals surface area contributed by atoms with Gasteiger partial charge in [0.1, 0.15) is 18.5 Å². The number of hydrogen-bond acceptors (Lipinski definition) is 4. The Morgan fingerprint density at radius 2 is 2.05 bits per heavy atom. The molecule has 0 fully saturated rings. The maximum atomic E-state index is 9.94. The summed E-state index contributed by atoms with van der Waals surface area (Å²) in [6.45, 7) is 10.3. The van der Waals surface area contributed by atoms with Crippen LogP contribution in [0.3, 0.4) is 0 Å². The molecule has 2 atom stereocenters. The highest BCUT2D eigenvalue weighted by atomic mass is 35.5. The van der Waals surface area contributed by atoms with Crippen LogP contribution in [0.25, 0.3) is 0 Å². The molecular formula is C16H27ClN2O2. The number of aliphatic hydroxyl groups is 1. The van der Waals surface area contributed by atoms with Crippen LogP contribution in [0.4, 0.5) is 0 Å². The van der Waals surface area contributed by atoms with E-state index in [0.717, 1.165) is 19.6 Å². The Morgan fingerprint density at radius 1 is 1.33 bits per heavy atom. The maximum Gasteiger partial charge on any atom is 0.120 e. The topological polar surface area (TPSA) is 44.7 Å². The second-order valence-corrected chi connectivity index (χ2v) is 5.65. The monoisotopic (exact) mass is 314 g/mol. The quantitative estimate of drug-likeness (QED) is 0.696. The second-order valence-electron chi connectivity index (χ2n) is 5.22. The highest BCUT2D eigenvalue weighted by Gasteiger charge is 2.10. The number of rotatable bonds is 10. The Balaban J connectivity index is 2.23. The van der Waals surface area contributed by atoms with E-state index in [4.69, 9.17) is 16.3 Å². The minimum atomic E-state index is -0.539. The van der Waals surface area contributed by atoms with Gasteiger partial charge in [-0.3, -0.25) is 0 Å². The van der Waals surface area contributed by atoms with Gasteiger partial charge in [-0.2, -0.15) is 0 Å². The smallest absolute Gasteiger partial charge is 0.120 e. The molecule has 1 rings (SSSR count). The largest absolute Gasteiger partial charge is 0.491 e. The molecule has 2 unspecified atom stereocenters. The molecule has 0 aromatic heterocycles. The number of benzene rings is 1. The van der Waals surface area contributed by atoms with Gasteiger partial charge >= 0.3 is 0 Å². The second kappa shape index (κ2) is 10.0. The van der Waals surface area contributed by atoms with Gasteiger partial charge in [0, 0.05) is 24.2 Å². The van der Waals surface area contributed by atoms with Gasteiger partial charge in [-0.05, 0) is 38.2 Å². The summed E-state index contributed by atoms with van der Waals surface area (Å²) in [6, 6.07) is 7.53. The maximum absolute atomic E-state index is 9.94. The number of hydrogen-bond donors (Lipinski definition) is 2. The molecule has 2 N–H and O–H groups in total. The van der Waals surface area contributed by atoms with Gasteiger partial charge in [-0.15, -0.1) is 0 Å². The van der Waals surface area contributed by atoms with Crippen molar-refractivity contribution in [3.63, 3.8) is 0 Å². The summed E-state index contributed by atoms with van der Waals surface area (Å²) < 4.78 is 5.52. The number of nitrogens with zero attached hydrogens (tertiary/aromatic N) is 1. The zero-order valence-electron chi connectivity index (χ0n) is 13.2. The molecule has 0 amide bonds. The van der Waals surface area contributed by atoms with Crippen LogP contribution in [0.2, 0.25) is 5.02 Å². The minimum absolute atomic E-state index is 0.255. The summed E-state index contributed by atoms with van der Waals surface area (Å²) in [4.78, 5) is 2.35. The summed E-state index contributed by atoms with van der Waals surface area (Å²) in [5.74, 6) is 0.678. The lowest BCUT2D eigenvalue weighted by Crippen LogP contribution is -2.43. The fraction of sp³-hybridized carbons (Fsp3) is 0.625. The molecule has 21 heavy (non-hydrogen) atoms. The van der Waals surface area contributed by atoms with Crippen molar-refractivity contribution in [1.29, 1.82) is 0 Å². The van der Waals surface area contributed by atoms with Crippen molar-refractivity contribution in [3.8, 4) is 5.75 Å². The van der Waals surface area contributed by atoms with E-state index in [0.29, 0.717) is 23.4 Å². The summed E-state index contributed by atoms with van der Waals surface area (Å²) in [7, 11) is 0. The van der Waals surface area contributed by atoms with Gasteiger partial charge in [0.2, 0.25) is 0 Å². The molecule has 0 bridgehead atoms. The third-order valence-corrected chi connectivity index (χ3v) is 3.60. The number of likely N-dealkylation sites (N-methyl/N-ethyl adjacent to an activating group) is 1. The van der Waals surface area contributed by atoms with E-state index in [1.165, 1.54) is 0 Å². The van der Waals surface area contributed by atoms with Crippen molar-refractivity contribution in [2.45, 2.75) is 32.9 Å². The first-order valence-corrected chi connectivity index (χ1v) is 7.95. The number of aliphatic hydroxyl groups excluding tert-OH is 1. The molecule has 0 aliphatic rings. The van der Waals surface area contributed by atoms with Crippen LogP contribution in [0.1, 0.15) is 20.8 Å². The molecule has 0 saturated heterocycles. The zero-order valence-corrected chi connectivity index (χ0v) is 13.9. The van der Waals surface area contributed by atoms with Gasteiger partial charge in [-0.25, -0.2) is 0 Å². The third-order valence-electron chi connectivity index (χ3n) is 3.37. The molecule has 0 saturated carbocycles. The Hall–Kier alpha value is -0.810. The Morgan fingerprint density at radius 3 is 2.67 bits per heavy atom. The lowest BCUT2D eigenvalue weighted by Gasteiger charge is -2.24. The number of nitrogens with one attached hydrogen (secondary N) is 1. The van der Waals surface area contributed by atoms with Crippen molar-refractivity contribution < 1.29 is 9.84 Å². The summed E-state index contributed by atoms with van der Waals surface area (Å²) >= 11 is 5.88. The van der Waals surface area contributed by atoms with Gasteiger partial charge in [0.25, 0.3) is 0 Å². The highest BCUT2D eigenvalue weighted by Crippen LogP contribution is 2.17. The third kappa shape index (κ3) is 7.67. The molecule has 0 spiro atoms. The van der Waals surface area contributed by atoms with Gasteiger partial charge in [0.05, 0.1) is 0 Å². The lowest BCUT2D eigenvalue weighted by molar-refractivity contribution is 0.102. The highest BCUT2D eigenvalue weighted by molar-refractivity contribution is 6.30. The molecule has 0 aliphatic heterocycles. The van der Waals surface area contributed by atoms with E-state index in [1.807, 2.05) is 12.1 Å². The van der Waals surface area contributed by atoms with Crippen LogP contribution in [-0.4, -0.2) is 54.9 Å². The molecule has 5 heteroatoms. The fourth-order valence-electron chi connectivity index (χ4n) is 2.08. The van der Waals surface area contributed by atoms with Crippen molar-refractivity contribution in [2.24, 2.45) is 0 Å². The predicted octanol–water partition coefficient (Wildman–Crippen LogP) is 2.40. The average Bonchev–Trinajstić information content (AvgIpc) is 2.48. The van der Waals surface area contributed by atoms with Crippen LogP contribution >= 0.6 is 11.6 Å². The van der Waals surface area contributed by atoms with Crippen molar-refractivity contribution >= 4 is 11.6 Å². The standard InChI is InChI=1S/C16H27ClN2O2/c1-4-19(5-2)11-13(3)18-10-15(20)12-21-16-8-6-7-14(17)9-16/h6-9,13,15,18,20H,4-5,10-12H2,1-3H3. The summed E-state index contributed by atoms with van der Waals surface area (Å²) in [6.07, 6.45) is -0.539. The predicted molar refractivity (Wildman–Crippen MR) is 88.2 cm³/mol. The fourth-order valence-corrected chi connectivity index (χ4v) is 2.26. The molecule has 0 aliphatic carbocycles. The molecule has 1 aromatic rings. The zero-order chi connectivity index (χ0) is 15.7. The molecule has 0 heterocycles. The number of ether oxygens (including phenoxy) is 1. The van der Waals surface area contributed by atoms with Gasteiger partial charge < -0.3 is 20.1 Å². The molecule has 0 radical (unpaired) electrons. The average molecular weight is 315 g/mol. The first-order valence-electron chi connectivity index (χ1n) is 7.57. The Kier molecular flexibility index (Phi) is 8.69. The Bertz CT molecular complexity index is 400. The van der Waals surface area contributed by atoms with Crippen molar-refractivity contribution in [2.75, 3.05) is 32.8 Å². The van der Waals surface area contributed by atoms with E-state index >= 15 is 0 Å². The summed E-state index contributed by atoms with van der Waals surface area (Å²) in [5.41, 5.74) is 0. The molecule has 1 aromatic carbocycles. The van der Waals surface area contributed by atoms with Gasteiger partial charge in [-0.1, -0.05) is 31.5 Å². The first-order chi connectivity index (χ1) is 10.0. The number of halogens is 1. The summed E-state index contributed by atoms with van der Waals surface area (Å²) in [5, 5.41) is 13.9. The Labute approximate surface area is 133 Å². The molecular weight excluding hydrogens is 288 g/mol. The van der Waals surface area contributed by atoms with E-state index in [-0.39, 0.29) is 6.61 Å².